The second-order valence-electron chi connectivity index (χ2n) is 4.29. The second-order valence-corrected chi connectivity index (χ2v) is 4.68. The van der Waals surface area contributed by atoms with Crippen LogP contribution < -0.4 is 5.32 Å². The lowest BCUT2D eigenvalue weighted by Gasteiger charge is -2.19. The van der Waals surface area contributed by atoms with Crippen molar-refractivity contribution in [3.8, 4) is 6.07 Å². The van der Waals surface area contributed by atoms with Crippen LogP contribution in [0.1, 0.15) is 26.3 Å². The van der Waals surface area contributed by atoms with Gasteiger partial charge < -0.3 is 4.74 Å². The summed E-state index contributed by atoms with van der Waals surface area (Å²) in [6, 6.07) is 3.28. The van der Waals surface area contributed by atoms with E-state index in [0.29, 0.717) is 0 Å². The minimum absolute atomic E-state index is 0.191. The van der Waals surface area contributed by atoms with E-state index in [0.717, 1.165) is 0 Å². The number of nitrogens with zero attached hydrogens (tertiary/aromatic N) is 2. The van der Waals surface area contributed by atoms with Crippen molar-refractivity contribution in [1.82, 2.24) is 4.98 Å². The molecule has 0 bridgehead atoms. The van der Waals surface area contributed by atoms with Gasteiger partial charge >= 0.3 is 6.09 Å². The number of halogens is 1. The highest BCUT2D eigenvalue weighted by Crippen LogP contribution is 2.18. The minimum atomic E-state index is -0.641. The molecule has 0 aromatic carbocycles. The summed E-state index contributed by atoms with van der Waals surface area (Å²) in [7, 11) is 0. The molecule has 17 heavy (non-hydrogen) atoms. The summed E-state index contributed by atoms with van der Waals surface area (Å²) in [4.78, 5) is 15.3. The van der Waals surface area contributed by atoms with Crippen LogP contribution in [0.15, 0.2) is 12.3 Å². The van der Waals surface area contributed by atoms with Crippen molar-refractivity contribution in [3.63, 3.8) is 0 Å². The maximum Gasteiger partial charge on any atom is 0.412 e. The Kier molecular flexibility index (Phi) is 3.92. The number of hydrogen-bond donors (Lipinski definition) is 1. The molecule has 5 nitrogen and oxygen atoms in total. The molecule has 1 amide bonds. The number of carbonyl (C=O) groups is 1. The summed E-state index contributed by atoms with van der Waals surface area (Å²) in [6.45, 7) is 5.24. The standard InChI is InChI=1S/C11H12ClN3O2/c1-11(2,3)17-10(16)15-8-6-14-9(12)4-7(8)5-13/h4,6H,1-3H3,(H,15,16). The summed E-state index contributed by atoms with van der Waals surface area (Å²) in [5, 5.41) is 11.5. The average Bonchev–Trinajstić information content (AvgIpc) is 2.17. The summed E-state index contributed by atoms with van der Waals surface area (Å²) in [5.74, 6) is 0. The smallest absolute Gasteiger partial charge is 0.412 e. The minimum Gasteiger partial charge on any atom is -0.444 e. The Morgan fingerprint density at radius 2 is 2.24 bits per heavy atom. The lowest BCUT2D eigenvalue weighted by Crippen LogP contribution is -2.27. The number of ether oxygens (including phenoxy) is 1. The molecule has 0 aliphatic heterocycles. The van der Waals surface area contributed by atoms with Gasteiger partial charge in [-0.2, -0.15) is 5.26 Å². The maximum absolute atomic E-state index is 11.5. The predicted molar refractivity (Wildman–Crippen MR) is 63.8 cm³/mol. The largest absolute Gasteiger partial charge is 0.444 e. The van der Waals surface area contributed by atoms with Gasteiger partial charge in [-0.1, -0.05) is 11.6 Å². The molecule has 90 valence electrons. The summed E-state index contributed by atoms with van der Waals surface area (Å²) in [5.41, 5.74) is -0.0986. The summed E-state index contributed by atoms with van der Waals surface area (Å²) < 4.78 is 5.05. The number of anilines is 1. The SMILES string of the molecule is CC(C)(C)OC(=O)Nc1cnc(Cl)cc1C#N. The summed E-state index contributed by atoms with van der Waals surface area (Å²) >= 11 is 5.63. The lowest BCUT2D eigenvalue weighted by molar-refractivity contribution is 0.0636. The highest BCUT2D eigenvalue weighted by molar-refractivity contribution is 6.29. The van der Waals surface area contributed by atoms with E-state index in [1.165, 1.54) is 12.3 Å². The molecular formula is C11H12ClN3O2. The quantitative estimate of drug-likeness (QED) is 0.781. The second kappa shape index (κ2) is 5.02. The van der Waals surface area contributed by atoms with Crippen LogP contribution >= 0.6 is 11.6 Å². The fourth-order valence-corrected chi connectivity index (χ4v) is 1.19. The topological polar surface area (TPSA) is 75.0 Å². The molecule has 1 aromatic rings. The van der Waals surface area contributed by atoms with Gasteiger partial charge in [0.15, 0.2) is 0 Å². The van der Waals surface area contributed by atoms with E-state index in [-0.39, 0.29) is 16.4 Å². The molecule has 0 spiro atoms. The molecule has 1 heterocycles. The molecule has 0 atom stereocenters. The van der Waals surface area contributed by atoms with Gasteiger partial charge in [0.2, 0.25) is 0 Å². The fourth-order valence-electron chi connectivity index (χ4n) is 1.04. The number of pyridine rings is 1. The molecule has 0 aliphatic rings. The molecule has 0 aliphatic carbocycles. The molecule has 0 fully saturated rings. The number of amides is 1. The van der Waals surface area contributed by atoms with Crippen LogP contribution in [0, 0.1) is 11.3 Å². The van der Waals surface area contributed by atoms with Gasteiger partial charge in [0.25, 0.3) is 0 Å². The maximum atomic E-state index is 11.5. The number of hydrogen-bond acceptors (Lipinski definition) is 4. The van der Waals surface area contributed by atoms with Gasteiger partial charge in [0.05, 0.1) is 17.4 Å². The Morgan fingerprint density at radius 3 is 2.76 bits per heavy atom. The molecule has 0 saturated heterocycles. The molecule has 1 aromatic heterocycles. The molecule has 0 radical (unpaired) electrons. The molecule has 0 unspecified atom stereocenters. The fraction of sp³-hybridized carbons (Fsp3) is 0.364. The van der Waals surface area contributed by atoms with Crippen LogP contribution in [0.4, 0.5) is 10.5 Å². The van der Waals surface area contributed by atoms with E-state index in [9.17, 15) is 4.79 Å². The molecule has 1 rings (SSSR count). The van der Waals surface area contributed by atoms with Crippen LogP contribution in [0.25, 0.3) is 0 Å². The van der Waals surface area contributed by atoms with Crippen molar-refractivity contribution >= 4 is 23.4 Å². The number of nitriles is 1. The number of aromatic nitrogens is 1. The predicted octanol–water partition coefficient (Wildman–Crippen LogP) is 2.95. The van der Waals surface area contributed by atoms with Crippen molar-refractivity contribution in [2.24, 2.45) is 0 Å². The van der Waals surface area contributed by atoms with E-state index >= 15 is 0 Å². The van der Waals surface area contributed by atoms with Gasteiger partial charge in [0, 0.05) is 0 Å². The summed E-state index contributed by atoms with van der Waals surface area (Å²) in [6.07, 6.45) is 0.670. The molecule has 1 N–H and O–H groups in total. The average molecular weight is 254 g/mol. The third-order valence-electron chi connectivity index (χ3n) is 1.63. The number of nitrogens with one attached hydrogen (secondary N) is 1. The van der Waals surface area contributed by atoms with Crippen LogP contribution in [0.5, 0.6) is 0 Å². The van der Waals surface area contributed by atoms with Crippen LogP contribution in [-0.2, 0) is 4.74 Å². The number of rotatable bonds is 1. The Balaban J connectivity index is 2.83. The van der Waals surface area contributed by atoms with Crippen molar-refractivity contribution in [2.75, 3.05) is 5.32 Å². The normalized spacial score (nSPS) is 10.5. The highest BCUT2D eigenvalue weighted by Gasteiger charge is 2.17. The van der Waals surface area contributed by atoms with Crippen LogP contribution in [-0.4, -0.2) is 16.7 Å². The van der Waals surface area contributed by atoms with E-state index in [2.05, 4.69) is 10.3 Å². The van der Waals surface area contributed by atoms with E-state index < -0.39 is 11.7 Å². The van der Waals surface area contributed by atoms with Crippen LogP contribution in [0.3, 0.4) is 0 Å². The van der Waals surface area contributed by atoms with Gasteiger partial charge in [-0.15, -0.1) is 0 Å². The van der Waals surface area contributed by atoms with Gasteiger partial charge in [0.1, 0.15) is 16.8 Å². The first kappa shape index (κ1) is 13.3. The number of carbonyl (C=O) groups excluding carboxylic acids is 1. The van der Waals surface area contributed by atoms with E-state index in [4.69, 9.17) is 21.6 Å². The molecule has 6 heteroatoms. The van der Waals surface area contributed by atoms with Gasteiger partial charge in [-0.3, -0.25) is 5.32 Å². The van der Waals surface area contributed by atoms with Crippen LogP contribution in [0.2, 0.25) is 5.15 Å². The van der Waals surface area contributed by atoms with Crippen molar-refractivity contribution in [2.45, 2.75) is 26.4 Å². The zero-order valence-electron chi connectivity index (χ0n) is 9.74. The Bertz CT molecular complexity index is 475. The first-order chi connectivity index (χ1) is 7.81. The zero-order chi connectivity index (χ0) is 13.1. The third-order valence-corrected chi connectivity index (χ3v) is 1.83. The Hall–Kier alpha value is -1.80. The van der Waals surface area contributed by atoms with Crippen molar-refractivity contribution in [3.05, 3.63) is 23.0 Å². The van der Waals surface area contributed by atoms with Gasteiger partial charge in [-0.05, 0) is 26.8 Å². The first-order valence-corrected chi connectivity index (χ1v) is 5.25. The van der Waals surface area contributed by atoms with E-state index in [1.54, 1.807) is 20.8 Å². The van der Waals surface area contributed by atoms with E-state index in [1.807, 2.05) is 6.07 Å². The molecular weight excluding hydrogens is 242 g/mol. The van der Waals surface area contributed by atoms with Crippen molar-refractivity contribution < 1.29 is 9.53 Å². The lowest BCUT2D eigenvalue weighted by atomic mass is 10.2. The zero-order valence-corrected chi connectivity index (χ0v) is 10.5. The monoisotopic (exact) mass is 253 g/mol. The highest BCUT2D eigenvalue weighted by atomic mass is 35.5. The Morgan fingerprint density at radius 1 is 1.59 bits per heavy atom. The Labute approximate surface area is 104 Å². The first-order valence-electron chi connectivity index (χ1n) is 4.87. The third kappa shape index (κ3) is 4.29. The van der Waals surface area contributed by atoms with Gasteiger partial charge in [-0.25, -0.2) is 9.78 Å². The molecule has 0 saturated carbocycles. The van der Waals surface area contributed by atoms with Crippen molar-refractivity contribution in [1.29, 1.82) is 5.26 Å².